The molecule has 0 bridgehead atoms. The first-order valence-electron chi connectivity index (χ1n) is 7.80. The number of rotatable bonds is 4. The highest BCUT2D eigenvalue weighted by atomic mass is 15.3. The SMILES string of the molecule is CCC1CCCCC1NC(C)c1c(C)nn(C)c1C. The molecule has 1 aliphatic rings. The van der Waals surface area contributed by atoms with Gasteiger partial charge in [-0.3, -0.25) is 4.68 Å². The fraction of sp³-hybridized carbons (Fsp3) is 0.812. The third kappa shape index (κ3) is 3.02. The van der Waals surface area contributed by atoms with Gasteiger partial charge >= 0.3 is 0 Å². The summed E-state index contributed by atoms with van der Waals surface area (Å²) in [5.41, 5.74) is 3.85. The van der Waals surface area contributed by atoms with Gasteiger partial charge in [-0.2, -0.15) is 5.10 Å². The molecule has 1 heterocycles. The Bertz CT molecular complexity index is 422. The Morgan fingerprint density at radius 1 is 1.32 bits per heavy atom. The van der Waals surface area contributed by atoms with E-state index < -0.39 is 0 Å². The molecule has 3 nitrogen and oxygen atoms in total. The number of hydrogen-bond donors (Lipinski definition) is 1. The first-order chi connectivity index (χ1) is 9.04. The lowest BCUT2D eigenvalue weighted by Gasteiger charge is -2.34. The van der Waals surface area contributed by atoms with Gasteiger partial charge in [-0.25, -0.2) is 0 Å². The Morgan fingerprint density at radius 2 is 2.00 bits per heavy atom. The van der Waals surface area contributed by atoms with Crippen molar-refractivity contribution in [1.29, 1.82) is 0 Å². The van der Waals surface area contributed by atoms with Gasteiger partial charge in [0.1, 0.15) is 0 Å². The highest BCUT2D eigenvalue weighted by Crippen LogP contribution is 2.30. The van der Waals surface area contributed by atoms with Crippen molar-refractivity contribution >= 4 is 0 Å². The Morgan fingerprint density at radius 3 is 2.58 bits per heavy atom. The summed E-state index contributed by atoms with van der Waals surface area (Å²) in [5.74, 6) is 0.855. The Balaban J connectivity index is 2.09. The summed E-state index contributed by atoms with van der Waals surface area (Å²) in [6.07, 6.45) is 6.82. The largest absolute Gasteiger partial charge is 0.307 e. The third-order valence-electron chi connectivity index (χ3n) is 4.90. The molecule has 1 aliphatic carbocycles. The summed E-state index contributed by atoms with van der Waals surface area (Å²) < 4.78 is 2.00. The number of nitrogens with one attached hydrogen (secondary N) is 1. The molecule has 1 N–H and O–H groups in total. The molecule has 0 saturated heterocycles. The highest BCUT2D eigenvalue weighted by molar-refractivity contribution is 5.27. The molecule has 1 saturated carbocycles. The molecular weight excluding hydrogens is 234 g/mol. The van der Waals surface area contributed by atoms with E-state index in [2.05, 4.69) is 38.1 Å². The monoisotopic (exact) mass is 263 g/mol. The Labute approximate surface area is 117 Å². The summed E-state index contributed by atoms with van der Waals surface area (Å²) in [5, 5.41) is 8.42. The van der Waals surface area contributed by atoms with Gasteiger partial charge in [-0.05, 0) is 39.5 Å². The van der Waals surface area contributed by atoms with E-state index in [9.17, 15) is 0 Å². The van der Waals surface area contributed by atoms with Crippen LogP contribution in [0.2, 0.25) is 0 Å². The van der Waals surface area contributed by atoms with Crippen LogP contribution in [0.15, 0.2) is 0 Å². The van der Waals surface area contributed by atoms with E-state index >= 15 is 0 Å². The molecule has 1 aromatic heterocycles. The van der Waals surface area contributed by atoms with Crippen molar-refractivity contribution in [1.82, 2.24) is 15.1 Å². The van der Waals surface area contributed by atoms with Gasteiger partial charge < -0.3 is 5.32 Å². The number of aromatic nitrogens is 2. The molecule has 3 heteroatoms. The average Bonchev–Trinajstić information content (AvgIpc) is 2.64. The molecule has 3 unspecified atom stereocenters. The van der Waals surface area contributed by atoms with Crippen LogP contribution in [0.3, 0.4) is 0 Å². The fourth-order valence-electron chi connectivity index (χ4n) is 3.74. The van der Waals surface area contributed by atoms with Gasteiger partial charge in [-0.1, -0.05) is 26.2 Å². The molecule has 19 heavy (non-hydrogen) atoms. The third-order valence-corrected chi connectivity index (χ3v) is 4.90. The highest BCUT2D eigenvalue weighted by Gasteiger charge is 2.26. The predicted molar refractivity (Wildman–Crippen MR) is 80.3 cm³/mol. The standard InChI is InChI=1S/C16H29N3/c1-6-14-9-7-8-10-15(14)17-11(2)16-12(3)18-19(5)13(16)4/h11,14-15,17H,6-10H2,1-5H3. The van der Waals surface area contributed by atoms with Crippen LogP contribution in [0, 0.1) is 19.8 Å². The summed E-state index contributed by atoms with van der Waals surface area (Å²) in [7, 11) is 2.04. The molecule has 3 atom stereocenters. The fourth-order valence-corrected chi connectivity index (χ4v) is 3.74. The Kier molecular flexibility index (Phi) is 4.67. The van der Waals surface area contributed by atoms with Crippen molar-refractivity contribution in [2.45, 2.75) is 71.9 Å². The van der Waals surface area contributed by atoms with E-state index in [-0.39, 0.29) is 0 Å². The minimum Gasteiger partial charge on any atom is -0.307 e. The van der Waals surface area contributed by atoms with Crippen LogP contribution in [0.25, 0.3) is 0 Å². The van der Waals surface area contributed by atoms with Crippen molar-refractivity contribution in [2.75, 3.05) is 0 Å². The molecule has 1 fully saturated rings. The zero-order valence-electron chi connectivity index (χ0n) is 13.2. The van der Waals surface area contributed by atoms with Crippen LogP contribution in [0.1, 0.15) is 68.9 Å². The van der Waals surface area contributed by atoms with Gasteiger partial charge in [0.15, 0.2) is 0 Å². The van der Waals surface area contributed by atoms with Crippen molar-refractivity contribution in [3.8, 4) is 0 Å². The van der Waals surface area contributed by atoms with Gasteiger partial charge in [0.25, 0.3) is 0 Å². The molecule has 108 valence electrons. The Hall–Kier alpha value is -0.830. The molecule has 0 spiro atoms. The minimum atomic E-state index is 0.408. The molecule has 2 rings (SSSR count). The molecule has 1 aromatic rings. The van der Waals surface area contributed by atoms with E-state index in [0.29, 0.717) is 12.1 Å². The molecule has 0 aromatic carbocycles. The van der Waals surface area contributed by atoms with Crippen molar-refractivity contribution in [2.24, 2.45) is 13.0 Å². The van der Waals surface area contributed by atoms with Crippen molar-refractivity contribution in [3.63, 3.8) is 0 Å². The van der Waals surface area contributed by atoms with Crippen LogP contribution < -0.4 is 5.32 Å². The van der Waals surface area contributed by atoms with Gasteiger partial charge in [0.2, 0.25) is 0 Å². The van der Waals surface area contributed by atoms with E-state index in [1.54, 1.807) is 0 Å². The summed E-state index contributed by atoms with van der Waals surface area (Å²) in [6.45, 7) is 8.92. The van der Waals surface area contributed by atoms with E-state index in [4.69, 9.17) is 0 Å². The van der Waals surface area contributed by atoms with Crippen molar-refractivity contribution in [3.05, 3.63) is 17.0 Å². The van der Waals surface area contributed by atoms with Crippen LogP contribution in [0.5, 0.6) is 0 Å². The maximum absolute atomic E-state index is 4.54. The molecule has 0 radical (unpaired) electrons. The minimum absolute atomic E-state index is 0.408. The molecule has 0 aliphatic heterocycles. The van der Waals surface area contributed by atoms with Crippen LogP contribution in [0.4, 0.5) is 0 Å². The van der Waals surface area contributed by atoms with Crippen LogP contribution >= 0.6 is 0 Å². The second kappa shape index (κ2) is 6.08. The second-order valence-electron chi connectivity index (χ2n) is 6.16. The lowest BCUT2D eigenvalue weighted by Crippen LogP contribution is -2.39. The lowest BCUT2D eigenvalue weighted by atomic mass is 9.82. The topological polar surface area (TPSA) is 29.9 Å². The zero-order chi connectivity index (χ0) is 14.0. The van der Waals surface area contributed by atoms with E-state index in [0.717, 1.165) is 5.92 Å². The van der Waals surface area contributed by atoms with E-state index in [1.807, 2.05) is 11.7 Å². The average molecular weight is 263 g/mol. The number of hydrogen-bond acceptors (Lipinski definition) is 2. The summed E-state index contributed by atoms with van der Waals surface area (Å²) in [4.78, 5) is 0. The van der Waals surface area contributed by atoms with Crippen LogP contribution in [-0.2, 0) is 7.05 Å². The van der Waals surface area contributed by atoms with E-state index in [1.165, 1.54) is 49.1 Å². The predicted octanol–water partition coefficient (Wildman–Crippen LogP) is 3.66. The first kappa shape index (κ1) is 14.6. The first-order valence-corrected chi connectivity index (χ1v) is 7.80. The molecular formula is C16H29N3. The molecule has 0 amide bonds. The van der Waals surface area contributed by atoms with Gasteiger partial charge in [0, 0.05) is 30.4 Å². The number of nitrogens with zero attached hydrogens (tertiary/aromatic N) is 2. The summed E-state index contributed by atoms with van der Waals surface area (Å²) >= 11 is 0. The van der Waals surface area contributed by atoms with Crippen LogP contribution in [-0.4, -0.2) is 15.8 Å². The van der Waals surface area contributed by atoms with Gasteiger partial charge in [0.05, 0.1) is 5.69 Å². The smallest absolute Gasteiger partial charge is 0.0644 e. The second-order valence-corrected chi connectivity index (χ2v) is 6.16. The normalized spacial score (nSPS) is 25.5. The number of aryl methyl sites for hydroxylation is 2. The van der Waals surface area contributed by atoms with Crippen molar-refractivity contribution < 1.29 is 0 Å². The lowest BCUT2D eigenvalue weighted by molar-refractivity contribution is 0.240. The van der Waals surface area contributed by atoms with Gasteiger partial charge in [-0.15, -0.1) is 0 Å². The maximum Gasteiger partial charge on any atom is 0.0644 e. The quantitative estimate of drug-likeness (QED) is 0.898. The zero-order valence-corrected chi connectivity index (χ0v) is 13.2. The maximum atomic E-state index is 4.54. The summed E-state index contributed by atoms with van der Waals surface area (Å²) in [6, 6.07) is 1.10.